The third-order valence-corrected chi connectivity index (χ3v) is 8.03. The molecule has 41 heavy (non-hydrogen) atoms. The van der Waals surface area contributed by atoms with Gasteiger partial charge in [-0.25, -0.2) is 0 Å². The highest BCUT2D eigenvalue weighted by Gasteiger charge is 2.35. The number of hydrogen-bond donors (Lipinski definition) is 1. The second kappa shape index (κ2) is 12.0. The fraction of sp³-hybridized carbons (Fsp3) is 0.324. The van der Waals surface area contributed by atoms with E-state index in [2.05, 4.69) is 17.2 Å². The molecule has 1 N–H and O–H groups in total. The van der Waals surface area contributed by atoms with Crippen LogP contribution in [0.3, 0.4) is 0 Å². The summed E-state index contributed by atoms with van der Waals surface area (Å²) in [5.74, 6) is 0.663. The number of hydrogen-bond acceptors (Lipinski definition) is 5. The number of fused-ring (bicyclic) bond motifs is 2. The van der Waals surface area contributed by atoms with Gasteiger partial charge < -0.3 is 14.8 Å². The number of carbonyl (C=O) groups excluding carboxylic acids is 2. The Labute approximate surface area is 240 Å². The number of aryl methyl sites for hydroxylation is 1. The molecule has 1 aliphatic carbocycles. The van der Waals surface area contributed by atoms with Crippen molar-refractivity contribution in [3.63, 3.8) is 0 Å². The van der Waals surface area contributed by atoms with E-state index in [0.717, 1.165) is 54.1 Å². The Morgan fingerprint density at radius 3 is 2.49 bits per heavy atom. The lowest BCUT2D eigenvalue weighted by molar-refractivity contribution is -0.123. The predicted octanol–water partition coefficient (Wildman–Crippen LogP) is 6.41. The van der Waals surface area contributed by atoms with Crippen LogP contribution in [0.5, 0.6) is 11.5 Å². The molecule has 0 bridgehead atoms. The predicted molar refractivity (Wildman–Crippen MR) is 160 cm³/mol. The topological polar surface area (TPSA) is 80.8 Å². The zero-order valence-electron chi connectivity index (χ0n) is 23.3. The van der Waals surface area contributed by atoms with Gasteiger partial charge in [0.1, 0.15) is 19.3 Å². The van der Waals surface area contributed by atoms with E-state index in [0.29, 0.717) is 36.0 Å². The lowest BCUT2D eigenvalue weighted by Crippen LogP contribution is -2.47. The minimum atomic E-state index is -0.894. The number of rotatable bonds is 7. The Morgan fingerprint density at radius 1 is 0.927 bits per heavy atom. The standard InChI is InChI=1S/C34H35N3O4/c1-2-23-10-14-28(15-11-23)37(34(39)26-13-17-30-31(22-26)41-20-19-40-30)32(33(38)36-27-8-4-3-5-9-27)25-12-16-29-24(21-25)7-6-18-35-29/h6-7,10-18,21-22,27,32H,2-5,8-9,19-20H2,1H3,(H,36,38). The Bertz CT molecular complexity index is 1550. The summed E-state index contributed by atoms with van der Waals surface area (Å²) in [6.07, 6.45) is 7.89. The molecular formula is C34H35N3O4. The summed E-state index contributed by atoms with van der Waals surface area (Å²) in [6.45, 7) is 2.98. The normalized spacial score (nSPS) is 15.7. The quantitative estimate of drug-likeness (QED) is 0.288. The highest BCUT2D eigenvalue weighted by atomic mass is 16.6. The van der Waals surface area contributed by atoms with Crippen molar-refractivity contribution < 1.29 is 19.1 Å². The van der Waals surface area contributed by atoms with E-state index in [4.69, 9.17) is 9.47 Å². The molecule has 3 aromatic carbocycles. The van der Waals surface area contributed by atoms with E-state index in [-0.39, 0.29) is 17.9 Å². The maximum atomic E-state index is 14.5. The lowest BCUT2D eigenvalue weighted by atomic mass is 9.94. The molecule has 1 aromatic heterocycles. The third kappa shape index (κ3) is 5.75. The number of pyridine rings is 1. The van der Waals surface area contributed by atoms with Crippen molar-refractivity contribution >= 4 is 28.4 Å². The number of ether oxygens (including phenoxy) is 2. The first kappa shape index (κ1) is 26.8. The molecule has 7 heteroatoms. The SMILES string of the molecule is CCc1ccc(N(C(=O)c2ccc3c(c2)OCCO3)C(C(=O)NC2CCCCC2)c2ccc3ncccc3c2)cc1. The first-order chi connectivity index (χ1) is 20.1. The molecule has 0 radical (unpaired) electrons. The van der Waals surface area contributed by atoms with E-state index in [9.17, 15) is 9.59 Å². The van der Waals surface area contributed by atoms with Crippen molar-refractivity contribution in [2.75, 3.05) is 18.1 Å². The minimum absolute atomic E-state index is 0.0922. The molecule has 2 heterocycles. The van der Waals surface area contributed by atoms with Gasteiger partial charge in [0, 0.05) is 28.9 Å². The molecule has 1 unspecified atom stereocenters. The van der Waals surface area contributed by atoms with Crippen LogP contribution in [-0.4, -0.2) is 36.1 Å². The van der Waals surface area contributed by atoms with Crippen LogP contribution in [0, 0.1) is 0 Å². The molecule has 1 atom stereocenters. The highest BCUT2D eigenvalue weighted by Crippen LogP contribution is 2.35. The van der Waals surface area contributed by atoms with E-state index < -0.39 is 6.04 Å². The van der Waals surface area contributed by atoms with Gasteiger partial charge in [-0.3, -0.25) is 19.5 Å². The summed E-state index contributed by atoms with van der Waals surface area (Å²) in [6, 6.07) is 21.9. The number of nitrogens with one attached hydrogen (secondary N) is 1. The number of carbonyl (C=O) groups is 2. The second-order valence-electron chi connectivity index (χ2n) is 10.8. The first-order valence-corrected chi connectivity index (χ1v) is 14.6. The number of aromatic nitrogens is 1. The van der Waals surface area contributed by atoms with Gasteiger partial charge in [0.25, 0.3) is 5.91 Å². The van der Waals surface area contributed by atoms with Crippen molar-refractivity contribution in [1.82, 2.24) is 10.3 Å². The fourth-order valence-corrected chi connectivity index (χ4v) is 5.80. The Kier molecular flexibility index (Phi) is 7.85. The molecule has 0 spiro atoms. The highest BCUT2D eigenvalue weighted by molar-refractivity contribution is 6.10. The van der Waals surface area contributed by atoms with Gasteiger partial charge >= 0.3 is 0 Å². The average molecular weight is 550 g/mol. The van der Waals surface area contributed by atoms with Gasteiger partial charge in [-0.05, 0) is 78.9 Å². The van der Waals surface area contributed by atoms with Gasteiger partial charge in [-0.1, -0.05) is 50.5 Å². The summed E-state index contributed by atoms with van der Waals surface area (Å²) in [5.41, 5.74) is 3.79. The van der Waals surface area contributed by atoms with Crippen LogP contribution in [0.4, 0.5) is 5.69 Å². The van der Waals surface area contributed by atoms with Crippen LogP contribution in [0.15, 0.2) is 79.0 Å². The number of anilines is 1. The second-order valence-corrected chi connectivity index (χ2v) is 10.8. The Hall–Kier alpha value is -4.39. The van der Waals surface area contributed by atoms with Crippen molar-refractivity contribution in [2.45, 2.75) is 57.5 Å². The number of benzene rings is 3. The van der Waals surface area contributed by atoms with Gasteiger partial charge in [0.2, 0.25) is 5.91 Å². The zero-order valence-corrected chi connectivity index (χ0v) is 23.3. The van der Waals surface area contributed by atoms with Gasteiger partial charge in [-0.15, -0.1) is 0 Å². The molecular weight excluding hydrogens is 514 g/mol. The molecule has 0 saturated heterocycles. The maximum absolute atomic E-state index is 14.5. The van der Waals surface area contributed by atoms with Crippen molar-refractivity contribution in [3.8, 4) is 11.5 Å². The molecule has 6 rings (SSSR count). The minimum Gasteiger partial charge on any atom is -0.486 e. The largest absolute Gasteiger partial charge is 0.486 e. The summed E-state index contributed by atoms with van der Waals surface area (Å²) >= 11 is 0. The summed E-state index contributed by atoms with van der Waals surface area (Å²) in [4.78, 5) is 34.9. The summed E-state index contributed by atoms with van der Waals surface area (Å²) in [7, 11) is 0. The molecule has 1 saturated carbocycles. The van der Waals surface area contributed by atoms with E-state index in [1.807, 2.05) is 54.6 Å². The summed E-state index contributed by atoms with van der Waals surface area (Å²) in [5, 5.41) is 4.21. The monoisotopic (exact) mass is 549 g/mol. The smallest absolute Gasteiger partial charge is 0.259 e. The van der Waals surface area contributed by atoms with Gasteiger partial charge in [0.15, 0.2) is 11.5 Å². The fourth-order valence-electron chi connectivity index (χ4n) is 5.80. The first-order valence-electron chi connectivity index (χ1n) is 14.6. The zero-order chi connectivity index (χ0) is 28.2. The Morgan fingerprint density at radius 2 is 1.71 bits per heavy atom. The maximum Gasteiger partial charge on any atom is 0.259 e. The number of amides is 2. The Balaban J connectivity index is 1.47. The summed E-state index contributed by atoms with van der Waals surface area (Å²) < 4.78 is 11.5. The van der Waals surface area contributed by atoms with Gasteiger partial charge in [-0.2, -0.15) is 0 Å². The van der Waals surface area contributed by atoms with Crippen LogP contribution in [0.1, 0.15) is 66.6 Å². The van der Waals surface area contributed by atoms with Crippen molar-refractivity contribution in [2.24, 2.45) is 0 Å². The van der Waals surface area contributed by atoms with Crippen LogP contribution in [-0.2, 0) is 11.2 Å². The molecule has 1 aliphatic heterocycles. The lowest BCUT2D eigenvalue weighted by Gasteiger charge is -2.34. The van der Waals surface area contributed by atoms with Gasteiger partial charge in [0.05, 0.1) is 5.52 Å². The molecule has 1 fully saturated rings. The molecule has 210 valence electrons. The van der Waals surface area contributed by atoms with E-state index in [1.54, 1.807) is 29.3 Å². The molecule has 2 amide bonds. The van der Waals surface area contributed by atoms with E-state index in [1.165, 1.54) is 6.42 Å². The van der Waals surface area contributed by atoms with Crippen molar-refractivity contribution in [3.05, 3.63) is 95.7 Å². The van der Waals surface area contributed by atoms with Crippen LogP contribution in [0.2, 0.25) is 0 Å². The van der Waals surface area contributed by atoms with Crippen molar-refractivity contribution in [1.29, 1.82) is 0 Å². The van der Waals surface area contributed by atoms with Crippen LogP contribution < -0.4 is 19.7 Å². The average Bonchev–Trinajstić information content (AvgIpc) is 3.03. The van der Waals surface area contributed by atoms with Crippen LogP contribution in [0.25, 0.3) is 10.9 Å². The molecule has 7 nitrogen and oxygen atoms in total. The number of nitrogens with zero attached hydrogens (tertiary/aromatic N) is 2. The third-order valence-electron chi connectivity index (χ3n) is 8.03. The molecule has 2 aliphatic rings. The van der Waals surface area contributed by atoms with E-state index >= 15 is 0 Å². The molecule has 4 aromatic rings. The van der Waals surface area contributed by atoms with Crippen LogP contribution >= 0.6 is 0 Å².